The molecule has 4 heteroatoms. The first-order valence-electron chi connectivity index (χ1n) is 6.18. The molecule has 0 atom stereocenters. The van der Waals surface area contributed by atoms with E-state index in [0.717, 1.165) is 18.7 Å². The Balaban J connectivity index is 2.25. The molecule has 0 saturated carbocycles. The minimum Gasteiger partial charge on any atom is -0.381 e. The number of aliphatic hydroxyl groups is 1. The minimum absolute atomic E-state index is 0.329. The smallest absolute Gasteiger partial charge is 0.251 e. The van der Waals surface area contributed by atoms with Gasteiger partial charge in [0.15, 0.2) is 0 Å². The van der Waals surface area contributed by atoms with Crippen LogP contribution in [0.1, 0.15) is 20.3 Å². The summed E-state index contributed by atoms with van der Waals surface area (Å²) in [5.74, 6) is -0.329. The number of nitrogens with zero attached hydrogens (tertiary/aromatic N) is 1. The van der Waals surface area contributed by atoms with Crippen molar-refractivity contribution in [3.63, 3.8) is 0 Å². The summed E-state index contributed by atoms with van der Waals surface area (Å²) < 4.78 is 0. The van der Waals surface area contributed by atoms with Crippen molar-refractivity contribution < 1.29 is 9.90 Å². The topological polar surface area (TPSA) is 52.6 Å². The number of amides is 1. The Morgan fingerprint density at radius 3 is 2.50 bits per heavy atom. The van der Waals surface area contributed by atoms with Gasteiger partial charge in [-0.25, -0.2) is 0 Å². The molecule has 18 heavy (non-hydrogen) atoms. The number of nitrogens with one attached hydrogen (secondary N) is 1. The van der Waals surface area contributed by atoms with Gasteiger partial charge in [0.1, 0.15) is 5.60 Å². The third-order valence-corrected chi connectivity index (χ3v) is 2.71. The third kappa shape index (κ3) is 4.75. The van der Waals surface area contributed by atoms with Crippen molar-refractivity contribution in [2.45, 2.75) is 25.9 Å². The molecule has 0 heterocycles. The molecule has 1 rings (SSSR count). The summed E-state index contributed by atoms with van der Waals surface area (Å²) in [6, 6.07) is 10.1. The highest BCUT2D eigenvalue weighted by Crippen LogP contribution is 2.10. The van der Waals surface area contributed by atoms with E-state index in [2.05, 4.69) is 22.3 Å². The average molecular weight is 250 g/mol. The molecule has 0 radical (unpaired) electrons. The summed E-state index contributed by atoms with van der Waals surface area (Å²) in [6.45, 7) is 4.40. The lowest BCUT2D eigenvalue weighted by Gasteiger charge is -2.20. The van der Waals surface area contributed by atoms with E-state index in [-0.39, 0.29) is 5.91 Å². The zero-order chi connectivity index (χ0) is 13.6. The maximum atomic E-state index is 11.4. The highest BCUT2D eigenvalue weighted by atomic mass is 16.3. The highest BCUT2D eigenvalue weighted by molar-refractivity contribution is 5.83. The number of para-hydroxylation sites is 1. The van der Waals surface area contributed by atoms with Gasteiger partial charge in [0.25, 0.3) is 5.91 Å². The van der Waals surface area contributed by atoms with Gasteiger partial charge in [-0.15, -0.1) is 0 Å². The van der Waals surface area contributed by atoms with Gasteiger partial charge in [0.2, 0.25) is 0 Å². The molecule has 0 bridgehead atoms. The number of benzene rings is 1. The number of carbonyl (C=O) groups excluding carboxylic acids is 1. The molecule has 0 aliphatic heterocycles. The lowest BCUT2D eigenvalue weighted by molar-refractivity contribution is -0.136. The van der Waals surface area contributed by atoms with Crippen molar-refractivity contribution in [3.05, 3.63) is 30.3 Å². The van der Waals surface area contributed by atoms with Crippen LogP contribution in [0, 0.1) is 0 Å². The number of hydrogen-bond acceptors (Lipinski definition) is 3. The van der Waals surface area contributed by atoms with Crippen molar-refractivity contribution in [1.29, 1.82) is 0 Å². The summed E-state index contributed by atoms with van der Waals surface area (Å²) in [5, 5.41) is 12.2. The van der Waals surface area contributed by atoms with Crippen molar-refractivity contribution in [3.8, 4) is 0 Å². The molecular formula is C14H22N2O2. The summed E-state index contributed by atoms with van der Waals surface area (Å²) in [7, 11) is 2.02. The number of carbonyl (C=O) groups is 1. The molecule has 1 aromatic carbocycles. The molecule has 2 N–H and O–H groups in total. The maximum absolute atomic E-state index is 11.4. The SMILES string of the molecule is CN(CCCNC(=O)C(C)(C)O)c1ccccc1. The fraction of sp³-hybridized carbons (Fsp3) is 0.500. The fourth-order valence-corrected chi connectivity index (χ4v) is 1.55. The Labute approximate surface area is 109 Å². The van der Waals surface area contributed by atoms with Crippen LogP contribution >= 0.6 is 0 Å². The second kappa shape index (κ2) is 6.40. The number of anilines is 1. The first-order chi connectivity index (χ1) is 8.41. The summed E-state index contributed by atoms with van der Waals surface area (Å²) in [5.41, 5.74) is -0.142. The summed E-state index contributed by atoms with van der Waals surface area (Å²) >= 11 is 0. The number of rotatable bonds is 6. The van der Waals surface area contributed by atoms with Crippen LogP contribution in [0.2, 0.25) is 0 Å². The van der Waals surface area contributed by atoms with Crippen LogP contribution in [0.3, 0.4) is 0 Å². The van der Waals surface area contributed by atoms with Crippen molar-refractivity contribution >= 4 is 11.6 Å². The summed E-state index contributed by atoms with van der Waals surface area (Å²) in [4.78, 5) is 13.5. The molecule has 0 spiro atoms. The molecule has 0 aliphatic carbocycles. The van der Waals surface area contributed by atoms with Crippen LogP contribution in [-0.4, -0.2) is 36.8 Å². The van der Waals surface area contributed by atoms with E-state index in [1.807, 2.05) is 25.2 Å². The molecule has 0 saturated heterocycles. The monoisotopic (exact) mass is 250 g/mol. The second-order valence-corrected chi connectivity index (χ2v) is 4.93. The maximum Gasteiger partial charge on any atom is 0.251 e. The predicted octanol–water partition coefficient (Wildman–Crippen LogP) is 1.40. The largest absolute Gasteiger partial charge is 0.381 e. The average Bonchev–Trinajstić information content (AvgIpc) is 2.34. The van der Waals surface area contributed by atoms with Crippen LogP contribution < -0.4 is 10.2 Å². The van der Waals surface area contributed by atoms with E-state index in [0.29, 0.717) is 6.54 Å². The van der Waals surface area contributed by atoms with Gasteiger partial charge in [-0.1, -0.05) is 18.2 Å². The Kier molecular flexibility index (Phi) is 5.16. The summed E-state index contributed by atoms with van der Waals surface area (Å²) in [6.07, 6.45) is 0.840. The van der Waals surface area contributed by atoms with Gasteiger partial charge in [0, 0.05) is 25.8 Å². The Morgan fingerprint density at radius 1 is 1.33 bits per heavy atom. The molecule has 0 aromatic heterocycles. The van der Waals surface area contributed by atoms with E-state index in [1.165, 1.54) is 13.8 Å². The lowest BCUT2D eigenvalue weighted by atomic mass is 10.1. The standard InChI is InChI=1S/C14H22N2O2/c1-14(2,18)13(17)15-10-7-11-16(3)12-8-5-4-6-9-12/h4-6,8-9,18H,7,10-11H2,1-3H3,(H,15,17). The van der Waals surface area contributed by atoms with E-state index < -0.39 is 5.60 Å². The normalized spacial score (nSPS) is 11.1. The molecule has 0 fully saturated rings. The van der Waals surface area contributed by atoms with Gasteiger partial charge in [-0.05, 0) is 32.4 Å². The van der Waals surface area contributed by atoms with E-state index in [1.54, 1.807) is 0 Å². The minimum atomic E-state index is -1.30. The van der Waals surface area contributed by atoms with Crippen molar-refractivity contribution in [2.75, 3.05) is 25.0 Å². The Hall–Kier alpha value is -1.55. The zero-order valence-electron chi connectivity index (χ0n) is 11.3. The molecule has 1 amide bonds. The molecular weight excluding hydrogens is 228 g/mol. The molecule has 0 aliphatic rings. The lowest BCUT2D eigenvalue weighted by Crippen LogP contribution is -2.42. The quantitative estimate of drug-likeness (QED) is 0.750. The van der Waals surface area contributed by atoms with Gasteiger partial charge >= 0.3 is 0 Å². The van der Waals surface area contributed by atoms with Crippen LogP contribution in [0.4, 0.5) is 5.69 Å². The first-order valence-corrected chi connectivity index (χ1v) is 6.18. The number of hydrogen-bond donors (Lipinski definition) is 2. The molecule has 4 nitrogen and oxygen atoms in total. The van der Waals surface area contributed by atoms with Gasteiger partial charge in [0.05, 0.1) is 0 Å². The molecule has 0 unspecified atom stereocenters. The van der Waals surface area contributed by atoms with Crippen LogP contribution in [0.25, 0.3) is 0 Å². The molecule has 100 valence electrons. The van der Waals surface area contributed by atoms with E-state index in [4.69, 9.17) is 0 Å². The zero-order valence-corrected chi connectivity index (χ0v) is 11.3. The fourth-order valence-electron chi connectivity index (χ4n) is 1.55. The van der Waals surface area contributed by atoms with E-state index >= 15 is 0 Å². The van der Waals surface area contributed by atoms with Crippen LogP contribution in [0.15, 0.2) is 30.3 Å². The van der Waals surface area contributed by atoms with Gasteiger partial charge in [-0.3, -0.25) is 4.79 Å². The van der Waals surface area contributed by atoms with Crippen molar-refractivity contribution in [1.82, 2.24) is 5.32 Å². The highest BCUT2D eigenvalue weighted by Gasteiger charge is 2.22. The van der Waals surface area contributed by atoms with Gasteiger partial charge < -0.3 is 15.3 Å². The van der Waals surface area contributed by atoms with Crippen LogP contribution in [0.5, 0.6) is 0 Å². The van der Waals surface area contributed by atoms with Crippen molar-refractivity contribution in [2.24, 2.45) is 0 Å². The van der Waals surface area contributed by atoms with Gasteiger partial charge in [-0.2, -0.15) is 0 Å². The Bertz CT molecular complexity index is 371. The van der Waals surface area contributed by atoms with Crippen LogP contribution in [-0.2, 0) is 4.79 Å². The first kappa shape index (κ1) is 14.5. The third-order valence-electron chi connectivity index (χ3n) is 2.71. The predicted molar refractivity (Wildman–Crippen MR) is 73.6 cm³/mol. The Morgan fingerprint density at radius 2 is 1.94 bits per heavy atom. The molecule has 1 aromatic rings. The second-order valence-electron chi connectivity index (χ2n) is 4.93. The van der Waals surface area contributed by atoms with E-state index in [9.17, 15) is 9.90 Å².